The molecule has 0 unspecified atom stereocenters. The summed E-state index contributed by atoms with van der Waals surface area (Å²) in [5.41, 5.74) is 7.48. The molecule has 0 fully saturated rings. The predicted octanol–water partition coefficient (Wildman–Crippen LogP) is 7.10. The Hall–Kier alpha value is -4.36. The number of nitrogens with zero attached hydrogens (tertiary/aromatic N) is 2. The number of hydrogen-bond acceptors (Lipinski definition) is 4. The van der Waals surface area contributed by atoms with Gasteiger partial charge in [-0.15, -0.1) is 0 Å². The molecule has 5 aromatic rings. The lowest BCUT2D eigenvalue weighted by atomic mass is 9.97. The third-order valence-corrected chi connectivity index (χ3v) is 7.92. The van der Waals surface area contributed by atoms with Crippen LogP contribution in [-0.4, -0.2) is 35.2 Å². The molecule has 202 valence electrons. The molecule has 40 heavy (non-hydrogen) atoms. The van der Waals surface area contributed by atoms with E-state index in [2.05, 4.69) is 32.6 Å². The van der Waals surface area contributed by atoms with Crippen LogP contribution in [0.4, 0.5) is 5.69 Å². The van der Waals surface area contributed by atoms with Crippen molar-refractivity contribution in [1.29, 1.82) is 0 Å². The zero-order chi connectivity index (χ0) is 27.2. The molecule has 4 heterocycles. The highest BCUT2D eigenvalue weighted by Crippen LogP contribution is 2.42. The molecule has 0 aliphatic carbocycles. The molecule has 2 aliphatic heterocycles. The van der Waals surface area contributed by atoms with Crippen LogP contribution in [0.15, 0.2) is 72.9 Å². The molecule has 1 amide bonds. The molecule has 0 atom stereocenters. The molecule has 7 nitrogen and oxygen atoms in total. The van der Waals surface area contributed by atoms with E-state index in [1.807, 2.05) is 42.5 Å². The first kappa shape index (κ1) is 24.7. The van der Waals surface area contributed by atoms with Crippen molar-refractivity contribution in [3.8, 4) is 39.6 Å². The maximum atomic E-state index is 14.1. The van der Waals surface area contributed by atoms with Crippen molar-refractivity contribution in [2.45, 2.75) is 25.8 Å². The van der Waals surface area contributed by atoms with E-state index in [4.69, 9.17) is 25.8 Å². The van der Waals surface area contributed by atoms with Crippen LogP contribution in [0.1, 0.15) is 28.9 Å². The number of halogens is 1. The average Bonchev–Trinajstić information content (AvgIpc) is 3.41. The van der Waals surface area contributed by atoms with Gasteiger partial charge >= 0.3 is 0 Å². The fraction of sp³-hybridized carbons (Fsp3) is 0.219. The fourth-order valence-electron chi connectivity index (χ4n) is 5.83. The monoisotopic (exact) mass is 553 g/mol. The Balaban J connectivity index is 1.45. The van der Waals surface area contributed by atoms with E-state index in [0.717, 1.165) is 70.9 Å². The Bertz CT molecular complexity index is 1740. The van der Waals surface area contributed by atoms with Gasteiger partial charge in [0.15, 0.2) is 11.5 Å². The number of aromatic nitrogens is 2. The van der Waals surface area contributed by atoms with Gasteiger partial charge in [0, 0.05) is 34.6 Å². The van der Waals surface area contributed by atoms with Crippen LogP contribution in [-0.2, 0) is 13.0 Å². The van der Waals surface area contributed by atoms with E-state index in [-0.39, 0.29) is 5.91 Å². The summed E-state index contributed by atoms with van der Waals surface area (Å²) in [6.07, 6.45) is 5.03. The van der Waals surface area contributed by atoms with Crippen molar-refractivity contribution >= 4 is 28.8 Å². The van der Waals surface area contributed by atoms with Gasteiger partial charge in [-0.05, 0) is 91.1 Å². The maximum Gasteiger partial charge on any atom is 0.273 e. The first-order chi connectivity index (χ1) is 19.6. The SMILES string of the molecule is COc1ccc(-c2cn3c(C(=O)Nc4ccc(Cl)cc4)c(-c4ccc5c(c4)OCCO5)c4c3n2CCCC4)cc1. The summed E-state index contributed by atoms with van der Waals surface area (Å²) >= 11 is 6.10. The smallest absolute Gasteiger partial charge is 0.273 e. The second kappa shape index (κ2) is 9.99. The van der Waals surface area contributed by atoms with E-state index in [1.54, 1.807) is 19.2 Å². The minimum Gasteiger partial charge on any atom is -0.497 e. The topological polar surface area (TPSA) is 66.1 Å². The highest BCUT2D eigenvalue weighted by Gasteiger charge is 2.30. The molecule has 0 saturated heterocycles. The van der Waals surface area contributed by atoms with E-state index >= 15 is 0 Å². The quantitative estimate of drug-likeness (QED) is 0.252. The lowest BCUT2D eigenvalue weighted by Gasteiger charge is -2.19. The van der Waals surface area contributed by atoms with Crippen LogP contribution in [0.5, 0.6) is 17.2 Å². The van der Waals surface area contributed by atoms with Gasteiger partial charge in [-0.2, -0.15) is 0 Å². The number of methoxy groups -OCH3 is 1. The van der Waals surface area contributed by atoms with Gasteiger partial charge in [-0.25, -0.2) is 0 Å². The number of ether oxygens (including phenoxy) is 3. The number of fused-ring (bicyclic) bond motifs is 1. The minimum absolute atomic E-state index is 0.188. The molecule has 2 aromatic heterocycles. The number of aryl methyl sites for hydroxylation is 2. The summed E-state index contributed by atoms with van der Waals surface area (Å²) in [6.45, 7) is 1.90. The van der Waals surface area contributed by atoms with Gasteiger partial charge in [0.2, 0.25) is 0 Å². The molecular formula is C32H28ClN3O4. The summed E-state index contributed by atoms with van der Waals surface area (Å²) < 4.78 is 21.5. The summed E-state index contributed by atoms with van der Waals surface area (Å²) in [5, 5.41) is 3.72. The van der Waals surface area contributed by atoms with Crippen molar-refractivity contribution in [3.05, 3.63) is 89.2 Å². The van der Waals surface area contributed by atoms with Crippen molar-refractivity contribution in [2.75, 3.05) is 25.6 Å². The summed E-state index contributed by atoms with van der Waals surface area (Å²) in [7, 11) is 1.67. The number of nitrogens with one attached hydrogen (secondary N) is 1. The highest BCUT2D eigenvalue weighted by atomic mass is 35.5. The number of carbonyl (C=O) groups is 1. The molecule has 0 saturated carbocycles. The Labute approximate surface area is 236 Å². The Morgan fingerprint density at radius 3 is 2.45 bits per heavy atom. The number of benzene rings is 3. The van der Waals surface area contributed by atoms with Crippen molar-refractivity contribution in [2.24, 2.45) is 0 Å². The van der Waals surface area contributed by atoms with Crippen molar-refractivity contribution < 1.29 is 19.0 Å². The average molecular weight is 554 g/mol. The van der Waals surface area contributed by atoms with E-state index in [0.29, 0.717) is 35.4 Å². The van der Waals surface area contributed by atoms with Crippen LogP contribution in [0, 0.1) is 0 Å². The van der Waals surface area contributed by atoms with Gasteiger partial charge < -0.3 is 24.1 Å². The number of imidazole rings is 1. The minimum atomic E-state index is -0.188. The second-order valence-corrected chi connectivity index (χ2v) is 10.5. The Kier molecular flexibility index (Phi) is 6.16. The highest BCUT2D eigenvalue weighted by molar-refractivity contribution is 6.30. The third-order valence-electron chi connectivity index (χ3n) is 7.67. The molecule has 0 bridgehead atoms. The van der Waals surface area contributed by atoms with Crippen LogP contribution >= 0.6 is 11.6 Å². The number of amides is 1. The Morgan fingerprint density at radius 2 is 1.68 bits per heavy atom. The number of hydrogen-bond donors (Lipinski definition) is 1. The van der Waals surface area contributed by atoms with Crippen LogP contribution in [0.2, 0.25) is 5.02 Å². The lowest BCUT2D eigenvalue weighted by Crippen LogP contribution is -2.16. The zero-order valence-electron chi connectivity index (χ0n) is 22.1. The zero-order valence-corrected chi connectivity index (χ0v) is 22.8. The number of anilines is 1. The molecule has 0 radical (unpaired) electrons. The van der Waals surface area contributed by atoms with Gasteiger partial charge in [-0.1, -0.05) is 17.7 Å². The van der Waals surface area contributed by atoms with E-state index < -0.39 is 0 Å². The molecule has 1 N–H and O–H groups in total. The van der Waals surface area contributed by atoms with E-state index in [9.17, 15) is 4.79 Å². The lowest BCUT2D eigenvalue weighted by molar-refractivity contribution is 0.102. The standard InChI is InChI=1S/C32H28ClN3O4/c1-38-24-12-5-20(6-13-24)26-19-36-30(31(37)34-23-10-8-22(33)9-11-23)29(25-4-2-3-15-35(26)32(25)36)21-7-14-27-28(18-21)40-17-16-39-27/h5-14,18-19H,2-4,15-17H2,1H3,(H,34,37). The third kappa shape index (κ3) is 4.18. The largest absolute Gasteiger partial charge is 0.497 e. The molecule has 8 heteroatoms. The predicted molar refractivity (Wildman–Crippen MR) is 156 cm³/mol. The fourth-order valence-corrected chi connectivity index (χ4v) is 5.96. The normalized spacial score (nSPS) is 14.2. The van der Waals surface area contributed by atoms with Crippen LogP contribution < -0.4 is 19.5 Å². The maximum absolute atomic E-state index is 14.1. The molecular weight excluding hydrogens is 526 g/mol. The number of carbonyl (C=O) groups excluding carboxylic acids is 1. The van der Waals surface area contributed by atoms with Gasteiger partial charge in [0.05, 0.1) is 12.8 Å². The van der Waals surface area contributed by atoms with Crippen LogP contribution in [0.25, 0.3) is 28.0 Å². The van der Waals surface area contributed by atoms with Crippen molar-refractivity contribution in [1.82, 2.24) is 8.97 Å². The summed E-state index contributed by atoms with van der Waals surface area (Å²) in [5.74, 6) is 2.05. The van der Waals surface area contributed by atoms with Gasteiger partial charge in [0.1, 0.15) is 30.3 Å². The van der Waals surface area contributed by atoms with Crippen molar-refractivity contribution in [3.63, 3.8) is 0 Å². The first-order valence-corrected chi connectivity index (χ1v) is 13.9. The summed E-state index contributed by atoms with van der Waals surface area (Å²) in [4.78, 5) is 14.1. The molecule has 3 aromatic carbocycles. The van der Waals surface area contributed by atoms with Gasteiger partial charge in [0.25, 0.3) is 5.91 Å². The summed E-state index contributed by atoms with van der Waals surface area (Å²) in [6, 6.07) is 21.2. The van der Waals surface area contributed by atoms with Gasteiger partial charge in [-0.3, -0.25) is 9.20 Å². The molecule has 7 rings (SSSR count). The molecule has 0 spiro atoms. The molecule has 2 aliphatic rings. The van der Waals surface area contributed by atoms with E-state index in [1.165, 1.54) is 0 Å². The second-order valence-electron chi connectivity index (χ2n) is 10.1. The van der Waals surface area contributed by atoms with Crippen LogP contribution in [0.3, 0.4) is 0 Å². The Morgan fingerprint density at radius 1 is 0.925 bits per heavy atom. The number of rotatable bonds is 5. The first-order valence-electron chi connectivity index (χ1n) is 13.5.